The van der Waals surface area contributed by atoms with Gasteiger partial charge in [-0.1, -0.05) is 18.6 Å². The number of halogens is 1. The molecule has 0 amide bonds. The van der Waals surface area contributed by atoms with Crippen LogP contribution in [0.15, 0.2) is 9.63 Å². The van der Waals surface area contributed by atoms with Crippen LogP contribution in [0.2, 0.25) is 0 Å². The molecule has 2 heterocycles. The summed E-state index contributed by atoms with van der Waals surface area (Å²) in [6.45, 7) is 2.93. The number of sulfonamides is 1. The third-order valence-electron chi connectivity index (χ3n) is 3.60. The van der Waals surface area contributed by atoms with Gasteiger partial charge in [0.05, 0.1) is 0 Å². The second-order valence-electron chi connectivity index (χ2n) is 4.79. The molecule has 1 saturated heterocycles. The first-order chi connectivity index (χ1) is 8.87. The van der Waals surface area contributed by atoms with Crippen LogP contribution in [-0.4, -0.2) is 46.8 Å². The maximum absolute atomic E-state index is 12.6. The summed E-state index contributed by atoms with van der Waals surface area (Å²) in [5.41, 5.74) is 6.01. The van der Waals surface area contributed by atoms with Crippen LogP contribution < -0.4 is 5.73 Å². The fourth-order valence-corrected chi connectivity index (χ4v) is 4.93. The van der Waals surface area contributed by atoms with Crippen LogP contribution in [0.1, 0.15) is 19.8 Å². The number of hydrogen-bond donors (Lipinski definition) is 1. The van der Waals surface area contributed by atoms with Crippen molar-refractivity contribution in [3.05, 3.63) is 4.60 Å². The van der Waals surface area contributed by atoms with E-state index < -0.39 is 10.0 Å². The summed E-state index contributed by atoms with van der Waals surface area (Å²) in [6.07, 6.45) is 1.55. The van der Waals surface area contributed by atoms with Gasteiger partial charge in [0.25, 0.3) is 10.0 Å². The van der Waals surface area contributed by atoms with Crippen LogP contribution in [0.4, 0.5) is 0 Å². The van der Waals surface area contributed by atoms with Crippen molar-refractivity contribution in [3.8, 4) is 0 Å². The highest BCUT2D eigenvalue weighted by Crippen LogP contribution is 2.27. The number of nitrogens with zero attached hydrogens (tertiary/aromatic N) is 4. The van der Waals surface area contributed by atoms with Crippen LogP contribution in [0, 0.1) is 5.92 Å². The standard InChI is InChI=1S/C10H18BrN5O2S/c1-3-7-6-16(5-4-8(7)12)19(17,18)10-9(11)13-14-15(10)2/h7-8H,3-6,12H2,1-2H3. The van der Waals surface area contributed by atoms with Gasteiger partial charge in [0.2, 0.25) is 5.03 Å². The Morgan fingerprint density at radius 3 is 2.74 bits per heavy atom. The molecule has 9 heteroatoms. The van der Waals surface area contributed by atoms with Gasteiger partial charge in [-0.25, -0.2) is 13.1 Å². The molecule has 1 aliphatic heterocycles. The lowest BCUT2D eigenvalue weighted by molar-refractivity contribution is 0.229. The van der Waals surface area contributed by atoms with Crippen molar-refractivity contribution in [1.29, 1.82) is 0 Å². The van der Waals surface area contributed by atoms with Crippen molar-refractivity contribution in [2.24, 2.45) is 18.7 Å². The zero-order valence-electron chi connectivity index (χ0n) is 11.0. The molecule has 0 radical (unpaired) electrons. The molecular formula is C10H18BrN5O2S. The highest BCUT2D eigenvalue weighted by Gasteiger charge is 2.36. The molecule has 2 unspecified atom stereocenters. The number of rotatable bonds is 3. The molecule has 0 bridgehead atoms. The summed E-state index contributed by atoms with van der Waals surface area (Å²) in [5.74, 6) is 0.198. The molecule has 1 aliphatic rings. The summed E-state index contributed by atoms with van der Waals surface area (Å²) >= 11 is 3.14. The Kier molecular flexibility index (Phi) is 4.29. The topological polar surface area (TPSA) is 94.1 Å². The Labute approximate surface area is 121 Å². The average molecular weight is 352 g/mol. The molecule has 1 fully saturated rings. The van der Waals surface area contributed by atoms with Gasteiger partial charge in [-0.05, 0) is 28.3 Å². The molecule has 2 atom stereocenters. The van der Waals surface area contributed by atoms with Crippen molar-refractivity contribution in [3.63, 3.8) is 0 Å². The van der Waals surface area contributed by atoms with Gasteiger partial charge >= 0.3 is 0 Å². The first kappa shape index (κ1) is 14.9. The summed E-state index contributed by atoms with van der Waals surface area (Å²) in [6, 6.07) is 0.0737. The summed E-state index contributed by atoms with van der Waals surface area (Å²) < 4.78 is 28.2. The second-order valence-corrected chi connectivity index (χ2v) is 7.40. The predicted molar refractivity (Wildman–Crippen MR) is 73.8 cm³/mol. The Hall–Kier alpha value is -0.510. The summed E-state index contributed by atoms with van der Waals surface area (Å²) in [4.78, 5) is 0. The predicted octanol–water partition coefficient (Wildman–Crippen LogP) is 0.326. The molecule has 1 aromatic heterocycles. The van der Waals surface area contributed by atoms with Gasteiger partial charge in [0.15, 0.2) is 4.60 Å². The van der Waals surface area contributed by atoms with E-state index in [1.807, 2.05) is 6.92 Å². The number of aromatic nitrogens is 3. The van der Waals surface area contributed by atoms with Crippen LogP contribution in [0.3, 0.4) is 0 Å². The van der Waals surface area contributed by atoms with Gasteiger partial charge in [-0.3, -0.25) is 0 Å². The molecule has 7 nitrogen and oxygen atoms in total. The van der Waals surface area contributed by atoms with E-state index in [0.717, 1.165) is 6.42 Å². The number of piperidine rings is 1. The van der Waals surface area contributed by atoms with E-state index in [4.69, 9.17) is 5.73 Å². The largest absolute Gasteiger partial charge is 0.327 e. The third kappa shape index (κ3) is 2.69. The maximum Gasteiger partial charge on any atom is 0.263 e. The molecule has 1 aromatic rings. The molecular weight excluding hydrogens is 334 g/mol. The van der Waals surface area contributed by atoms with Gasteiger partial charge in [-0.15, -0.1) is 5.10 Å². The number of aryl methyl sites for hydroxylation is 1. The minimum atomic E-state index is -3.58. The van der Waals surface area contributed by atoms with E-state index in [1.165, 1.54) is 8.99 Å². The van der Waals surface area contributed by atoms with E-state index in [0.29, 0.717) is 19.5 Å². The van der Waals surface area contributed by atoms with E-state index in [-0.39, 0.29) is 21.6 Å². The van der Waals surface area contributed by atoms with Crippen molar-refractivity contribution in [2.45, 2.75) is 30.8 Å². The zero-order chi connectivity index (χ0) is 14.2. The van der Waals surface area contributed by atoms with Gasteiger partial charge in [0, 0.05) is 26.2 Å². The second kappa shape index (κ2) is 5.47. The van der Waals surface area contributed by atoms with Crippen molar-refractivity contribution < 1.29 is 8.42 Å². The van der Waals surface area contributed by atoms with E-state index in [2.05, 4.69) is 26.2 Å². The Morgan fingerprint density at radius 2 is 2.21 bits per heavy atom. The minimum Gasteiger partial charge on any atom is -0.327 e. The fraction of sp³-hybridized carbons (Fsp3) is 0.800. The lowest BCUT2D eigenvalue weighted by Crippen LogP contribution is -2.49. The normalized spacial score (nSPS) is 25.7. The summed E-state index contributed by atoms with van der Waals surface area (Å²) in [7, 11) is -2.01. The average Bonchev–Trinajstić information content (AvgIpc) is 2.69. The Balaban J connectivity index is 2.31. The monoisotopic (exact) mass is 351 g/mol. The molecule has 0 spiro atoms. The van der Waals surface area contributed by atoms with Gasteiger partial charge in [0.1, 0.15) is 0 Å². The third-order valence-corrected chi connectivity index (χ3v) is 6.36. The van der Waals surface area contributed by atoms with E-state index in [9.17, 15) is 8.42 Å². The molecule has 108 valence electrons. The first-order valence-electron chi connectivity index (χ1n) is 6.18. The number of hydrogen-bond acceptors (Lipinski definition) is 5. The van der Waals surface area contributed by atoms with Gasteiger partial charge in [-0.2, -0.15) is 4.31 Å². The van der Waals surface area contributed by atoms with Crippen LogP contribution in [0.25, 0.3) is 0 Å². The smallest absolute Gasteiger partial charge is 0.263 e. The van der Waals surface area contributed by atoms with Crippen molar-refractivity contribution in [2.75, 3.05) is 13.1 Å². The molecule has 19 heavy (non-hydrogen) atoms. The molecule has 0 aromatic carbocycles. The first-order valence-corrected chi connectivity index (χ1v) is 8.42. The fourth-order valence-electron chi connectivity index (χ4n) is 2.39. The molecule has 0 saturated carbocycles. The lowest BCUT2D eigenvalue weighted by Gasteiger charge is -2.35. The lowest BCUT2D eigenvalue weighted by atomic mass is 9.92. The van der Waals surface area contributed by atoms with Crippen molar-refractivity contribution >= 4 is 26.0 Å². The number of nitrogens with two attached hydrogens (primary N) is 1. The molecule has 0 aliphatic carbocycles. The highest BCUT2D eigenvalue weighted by molar-refractivity contribution is 9.10. The van der Waals surface area contributed by atoms with Crippen LogP contribution in [-0.2, 0) is 17.1 Å². The Morgan fingerprint density at radius 1 is 1.53 bits per heavy atom. The zero-order valence-corrected chi connectivity index (χ0v) is 13.4. The summed E-state index contributed by atoms with van der Waals surface area (Å²) in [5, 5.41) is 7.55. The van der Waals surface area contributed by atoms with Crippen LogP contribution in [0.5, 0.6) is 0 Å². The van der Waals surface area contributed by atoms with Crippen molar-refractivity contribution in [1.82, 2.24) is 19.3 Å². The quantitative estimate of drug-likeness (QED) is 0.846. The minimum absolute atomic E-state index is 0.0737. The van der Waals surface area contributed by atoms with E-state index in [1.54, 1.807) is 7.05 Å². The molecule has 2 rings (SSSR count). The van der Waals surface area contributed by atoms with Gasteiger partial charge < -0.3 is 5.73 Å². The molecule has 2 N–H and O–H groups in total. The SMILES string of the molecule is CCC1CN(S(=O)(=O)c2c(Br)nnn2C)CCC1N. The Bertz CT molecular complexity index is 539. The maximum atomic E-state index is 12.6. The van der Waals surface area contributed by atoms with E-state index >= 15 is 0 Å². The van der Waals surface area contributed by atoms with Crippen LogP contribution >= 0.6 is 15.9 Å². The highest BCUT2D eigenvalue weighted by atomic mass is 79.9.